The monoisotopic (exact) mass is 139 g/mol. The molecule has 1 rings (SSSR count). The number of hydrogen-bond acceptors (Lipinski definition) is 1. The van der Waals surface area contributed by atoms with Gasteiger partial charge in [-0.25, -0.2) is 5.26 Å². The molecule has 9 heavy (non-hydrogen) atoms. The van der Waals surface area contributed by atoms with E-state index in [2.05, 4.69) is 6.57 Å². The number of benzene rings is 1. The highest BCUT2D eigenvalue weighted by Gasteiger charge is 1.74. The molecule has 0 aliphatic rings. The fraction of sp³-hybridized carbons (Fsp3) is 0. The fourth-order valence-corrected chi connectivity index (χ4v) is 0.560. The van der Waals surface area contributed by atoms with E-state index in [9.17, 15) is 0 Å². The lowest BCUT2D eigenvalue weighted by Crippen LogP contribution is -1.55. The van der Waals surface area contributed by atoms with Crippen molar-refractivity contribution < 1.29 is 0 Å². The predicted octanol–water partition coefficient (Wildman–Crippen LogP) is 2.48. The SMILES string of the molecule is C#N.Clc1ccccc1. The van der Waals surface area contributed by atoms with Crippen LogP contribution >= 0.6 is 11.6 Å². The van der Waals surface area contributed by atoms with Gasteiger partial charge in [-0.15, -0.1) is 0 Å². The van der Waals surface area contributed by atoms with Crippen molar-refractivity contribution in [3.63, 3.8) is 0 Å². The van der Waals surface area contributed by atoms with Gasteiger partial charge in [-0.2, -0.15) is 0 Å². The van der Waals surface area contributed by atoms with Gasteiger partial charge in [0.2, 0.25) is 0 Å². The molecule has 1 aromatic carbocycles. The van der Waals surface area contributed by atoms with Crippen LogP contribution in [0.1, 0.15) is 0 Å². The fourth-order valence-electron chi connectivity index (χ4n) is 0.415. The van der Waals surface area contributed by atoms with Crippen LogP contribution in [0.25, 0.3) is 0 Å². The molecule has 2 heteroatoms. The Balaban J connectivity index is 0.000000291. The summed E-state index contributed by atoms with van der Waals surface area (Å²) < 4.78 is 0. The van der Waals surface area contributed by atoms with Crippen LogP contribution in [-0.4, -0.2) is 0 Å². The second kappa shape index (κ2) is 5.14. The maximum atomic E-state index is 6.50. The summed E-state index contributed by atoms with van der Waals surface area (Å²) in [5, 5.41) is 7.29. The van der Waals surface area contributed by atoms with Gasteiger partial charge in [-0.3, -0.25) is 0 Å². The van der Waals surface area contributed by atoms with Crippen LogP contribution in [0.5, 0.6) is 0 Å². The normalized spacial score (nSPS) is 7.00. The van der Waals surface area contributed by atoms with Gasteiger partial charge in [0.1, 0.15) is 0 Å². The molecule has 0 N–H and O–H groups in total. The summed E-state index contributed by atoms with van der Waals surface area (Å²) in [6.45, 7) is 3.50. The average molecular weight is 140 g/mol. The molecule has 0 aliphatic heterocycles. The first-order valence-electron chi connectivity index (χ1n) is 2.36. The van der Waals surface area contributed by atoms with E-state index in [0.717, 1.165) is 5.02 Å². The Morgan fingerprint density at radius 3 is 1.78 bits per heavy atom. The van der Waals surface area contributed by atoms with E-state index in [1.54, 1.807) is 0 Å². The van der Waals surface area contributed by atoms with Gasteiger partial charge in [-0.1, -0.05) is 29.8 Å². The molecule has 0 fully saturated rings. The Bertz CT molecular complexity index is 169. The lowest BCUT2D eigenvalue weighted by molar-refractivity contribution is 1.58. The van der Waals surface area contributed by atoms with Gasteiger partial charge in [0.25, 0.3) is 0 Å². The van der Waals surface area contributed by atoms with E-state index < -0.39 is 0 Å². The van der Waals surface area contributed by atoms with Crippen molar-refractivity contribution >= 4 is 11.6 Å². The second-order valence-electron chi connectivity index (χ2n) is 1.30. The first-order valence-corrected chi connectivity index (χ1v) is 2.74. The van der Waals surface area contributed by atoms with Gasteiger partial charge in [0, 0.05) is 11.6 Å². The maximum absolute atomic E-state index is 6.50. The van der Waals surface area contributed by atoms with Crippen molar-refractivity contribution in [1.82, 2.24) is 0 Å². The molecule has 1 aromatic rings. The van der Waals surface area contributed by atoms with Crippen LogP contribution in [0.4, 0.5) is 0 Å². The summed E-state index contributed by atoms with van der Waals surface area (Å²) in [6.07, 6.45) is 0. The standard InChI is InChI=1S/C6H5Cl.CHN/c7-6-4-2-1-3-5-6;1-2/h1-5H;1H. The summed E-state index contributed by atoms with van der Waals surface area (Å²) >= 11 is 5.54. The Hall–Kier alpha value is -1.00. The Kier molecular flexibility index (Phi) is 4.57. The Labute approximate surface area is 59.5 Å². The molecule has 0 spiro atoms. The number of nitriles is 1. The zero-order valence-corrected chi connectivity index (χ0v) is 5.55. The number of halogens is 1. The number of rotatable bonds is 0. The number of hydrogen-bond donors (Lipinski definition) is 0. The van der Waals surface area contributed by atoms with Crippen LogP contribution in [0.3, 0.4) is 0 Å². The zero-order chi connectivity index (χ0) is 7.11. The van der Waals surface area contributed by atoms with E-state index in [4.69, 9.17) is 16.9 Å². The van der Waals surface area contributed by atoms with E-state index in [1.165, 1.54) is 0 Å². The summed E-state index contributed by atoms with van der Waals surface area (Å²) in [7, 11) is 0. The van der Waals surface area contributed by atoms with Crippen LogP contribution in [0.2, 0.25) is 5.02 Å². The molecule has 0 heterocycles. The minimum Gasteiger partial charge on any atom is -0.202 e. The van der Waals surface area contributed by atoms with Crippen molar-refractivity contribution in [2.24, 2.45) is 0 Å². The number of nitrogens with zero attached hydrogens (tertiary/aromatic N) is 1. The molecule has 1 nitrogen and oxygen atoms in total. The Morgan fingerprint density at radius 2 is 1.56 bits per heavy atom. The lowest BCUT2D eigenvalue weighted by Gasteiger charge is -1.80. The molecule has 46 valence electrons. The molecular formula is C7H6ClN. The van der Waals surface area contributed by atoms with Crippen molar-refractivity contribution in [2.75, 3.05) is 0 Å². The van der Waals surface area contributed by atoms with Crippen LogP contribution in [0.15, 0.2) is 30.3 Å². The van der Waals surface area contributed by atoms with E-state index >= 15 is 0 Å². The quantitative estimate of drug-likeness (QED) is 0.542. The van der Waals surface area contributed by atoms with Crippen LogP contribution in [-0.2, 0) is 0 Å². The molecule has 0 atom stereocenters. The Morgan fingerprint density at radius 1 is 1.11 bits per heavy atom. The highest BCUT2D eigenvalue weighted by Crippen LogP contribution is 2.03. The smallest absolute Gasteiger partial charge is 0.0462 e. The summed E-state index contributed by atoms with van der Waals surface area (Å²) in [4.78, 5) is 0. The van der Waals surface area contributed by atoms with Gasteiger partial charge in [0.15, 0.2) is 0 Å². The third kappa shape index (κ3) is 3.57. The average Bonchev–Trinajstić information content (AvgIpc) is 1.94. The van der Waals surface area contributed by atoms with Crippen LogP contribution in [0, 0.1) is 11.8 Å². The van der Waals surface area contributed by atoms with Crippen molar-refractivity contribution in [1.29, 1.82) is 5.26 Å². The van der Waals surface area contributed by atoms with Crippen molar-refractivity contribution in [2.45, 2.75) is 0 Å². The highest BCUT2D eigenvalue weighted by atomic mass is 35.5. The first-order chi connectivity index (χ1) is 4.39. The molecule has 0 bridgehead atoms. The summed E-state index contributed by atoms with van der Waals surface area (Å²) in [6, 6.07) is 9.44. The molecule has 0 aliphatic carbocycles. The molecule has 0 saturated carbocycles. The topological polar surface area (TPSA) is 23.8 Å². The van der Waals surface area contributed by atoms with E-state index in [-0.39, 0.29) is 0 Å². The largest absolute Gasteiger partial charge is 0.202 e. The minimum atomic E-state index is 0.794. The van der Waals surface area contributed by atoms with E-state index in [0.29, 0.717) is 0 Å². The van der Waals surface area contributed by atoms with Gasteiger partial charge < -0.3 is 0 Å². The second-order valence-corrected chi connectivity index (χ2v) is 1.73. The third-order valence-electron chi connectivity index (χ3n) is 0.733. The van der Waals surface area contributed by atoms with Crippen molar-refractivity contribution in [3.8, 4) is 6.57 Å². The molecule has 0 radical (unpaired) electrons. The lowest BCUT2D eigenvalue weighted by atomic mass is 10.4. The maximum Gasteiger partial charge on any atom is 0.0462 e. The molecule has 0 amide bonds. The van der Waals surface area contributed by atoms with E-state index in [1.807, 2.05) is 30.3 Å². The molecule has 0 aromatic heterocycles. The molecule has 0 unspecified atom stereocenters. The van der Waals surface area contributed by atoms with Crippen molar-refractivity contribution in [3.05, 3.63) is 35.4 Å². The first kappa shape index (κ1) is 8.00. The zero-order valence-electron chi connectivity index (χ0n) is 4.79. The van der Waals surface area contributed by atoms with Crippen LogP contribution < -0.4 is 0 Å². The minimum absolute atomic E-state index is 0.794. The summed E-state index contributed by atoms with van der Waals surface area (Å²) in [5.74, 6) is 0. The third-order valence-corrected chi connectivity index (χ3v) is 0.985. The molecular weight excluding hydrogens is 134 g/mol. The van der Waals surface area contributed by atoms with Gasteiger partial charge in [-0.05, 0) is 12.1 Å². The highest BCUT2D eigenvalue weighted by molar-refractivity contribution is 6.30. The molecule has 0 saturated heterocycles. The van der Waals surface area contributed by atoms with Gasteiger partial charge >= 0.3 is 0 Å². The summed E-state index contributed by atoms with van der Waals surface area (Å²) in [5.41, 5.74) is 0. The predicted molar refractivity (Wildman–Crippen MR) is 38.1 cm³/mol. The van der Waals surface area contributed by atoms with Gasteiger partial charge in [0.05, 0.1) is 0 Å².